The van der Waals surface area contributed by atoms with E-state index < -0.39 is 0 Å². The Labute approximate surface area is 182 Å². The Morgan fingerprint density at radius 2 is 1.71 bits per heavy atom. The van der Waals surface area contributed by atoms with Crippen LogP contribution in [0.15, 0.2) is 54.6 Å². The molecule has 0 spiro atoms. The van der Waals surface area contributed by atoms with Gasteiger partial charge in [-0.3, -0.25) is 24.2 Å². The monoisotopic (exact) mass is 421 g/mol. The molecule has 0 bridgehead atoms. The van der Waals surface area contributed by atoms with E-state index in [0.29, 0.717) is 25.3 Å². The molecule has 0 aromatic heterocycles. The summed E-state index contributed by atoms with van der Waals surface area (Å²) in [5, 5.41) is 3.10. The molecule has 0 aliphatic carbocycles. The lowest BCUT2D eigenvalue weighted by atomic mass is 9.98. The quantitative estimate of drug-likeness (QED) is 0.690. The van der Waals surface area contributed by atoms with Gasteiger partial charge in [0.2, 0.25) is 11.8 Å². The first-order chi connectivity index (χ1) is 15.1. The second-order valence-corrected chi connectivity index (χ2v) is 7.88. The topological polar surface area (TPSA) is 79.0 Å². The van der Waals surface area contributed by atoms with Crippen LogP contribution in [0.4, 0.5) is 0 Å². The molecule has 1 atom stereocenters. The van der Waals surface area contributed by atoms with Gasteiger partial charge in [-0.25, -0.2) is 0 Å². The summed E-state index contributed by atoms with van der Waals surface area (Å²) in [6.07, 6.45) is 0.263. The van der Waals surface area contributed by atoms with Gasteiger partial charge >= 0.3 is 0 Å². The van der Waals surface area contributed by atoms with Gasteiger partial charge in [0.15, 0.2) is 0 Å². The molecule has 162 valence electrons. The Morgan fingerprint density at radius 1 is 1.00 bits per heavy atom. The number of hydrogen-bond donors (Lipinski definition) is 1. The number of hydrogen-bond acceptors (Lipinski definition) is 5. The van der Waals surface area contributed by atoms with Gasteiger partial charge in [-0.1, -0.05) is 48.5 Å². The van der Waals surface area contributed by atoms with E-state index in [0.717, 1.165) is 24.2 Å². The van der Waals surface area contributed by atoms with Gasteiger partial charge in [0.1, 0.15) is 0 Å². The van der Waals surface area contributed by atoms with Crippen LogP contribution >= 0.6 is 0 Å². The van der Waals surface area contributed by atoms with E-state index in [9.17, 15) is 14.4 Å². The normalized spacial score (nSPS) is 17.9. The molecule has 0 radical (unpaired) electrons. The number of nitrogens with one attached hydrogen (secondary N) is 1. The minimum absolute atomic E-state index is 0.0755. The van der Waals surface area contributed by atoms with Gasteiger partial charge in [0.05, 0.1) is 25.7 Å². The molecule has 2 aromatic rings. The predicted molar refractivity (Wildman–Crippen MR) is 115 cm³/mol. The lowest BCUT2D eigenvalue weighted by Gasteiger charge is -2.31. The van der Waals surface area contributed by atoms with Gasteiger partial charge in [-0.15, -0.1) is 0 Å². The molecule has 2 aliphatic rings. The van der Waals surface area contributed by atoms with Gasteiger partial charge in [0, 0.05) is 38.2 Å². The number of amides is 3. The van der Waals surface area contributed by atoms with Crippen molar-refractivity contribution in [1.29, 1.82) is 0 Å². The number of ether oxygens (including phenoxy) is 1. The first-order valence-corrected chi connectivity index (χ1v) is 10.7. The fourth-order valence-electron chi connectivity index (χ4n) is 4.07. The molecule has 1 saturated heterocycles. The van der Waals surface area contributed by atoms with Crippen molar-refractivity contribution in [2.45, 2.75) is 18.9 Å². The molecule has 4 rings (SSSR count). The number of fused-ring (bicyclic) bond motifs is 1. The molecule has 2 aromatic carbocycles. The van der Waals surface area contributed by atoms with E-state index >= 15 is 0 Å². The molecule has 2 aliphatic heterocycles. The Kier molecular flexibility index (Phi) is 6.74. The number of benzene rings is 2. The van der Waals surface area contributed by atoms with Crippen LogP contribution in [0.2, 0.25) is 0 Å². The van der Waals surface area contributed by atoms with Crippen molar-refractivity contribution in [2.75, 3.05) is 39.4 Å². The summed E-state index contributed by atoms with van der Waals surface area (Å²) in [5.74, 6) is -0.765. The van der Waals surface area contributed by atoms with Crippen LogP contribution in [0, 0.1) is 0 Å². The van der Waals surface area contributed by atoms with E-state index in [1.807, 2.05) is 36.4 Å². The molecule has 3 amide bonds. The van der Waals surface area contributed by atoms with E-state index in [2.05, 4.69) is 10.2 Å². The van der Waals surface area contributed by atoms with Crippen LogP contribution in [0.3, 0.4) is 0 Å². The van der Waals surface area contributed by atoms with Crippen LogP contribution in [0.1, 0.15) is 33.9 Å². The van der Waals surface area contributed by atoms with Crippen molar-refractivity contribution in [1.82, 2.24) is 15.1 Å². The molecule has 7 heteroatoms. The molecule has 31 heavy (non-hydrogen) atoms. The van der Waals surface area contributed by atoms with Crippen molar-refractivity contribution < 1.29 is 19.1 Å². The average molecular weight is 421 g/mol. The molecule has 7 nitrogen and oxygen atoms in total. The highest BCUT2D eigenvalue weighted by atomic mass is 16.5. The molecule has 0 saturated carbocycles. The molecule has 2 heterocycles. The second-order valence-electron chi connectivity index (χ2n) is 7.88. The molecule has 0 unspecified atom stereocenters. The van der Waals surface area contributed by atoms with Crippen LogP contribution in [-0.4, -0.2) is 66.9 Å². The zero-order chi connectivity index (χ0) is 21.6. The summed E-state index contributed by atoms with van der Waals surface area (Å²) in [6, 6.07) is 16.8. The number of rotatable bonds is 7. The van der Waals surface area contributed by atoms with E-state index in [1.54, 1.807) is 18.2 Å². The minimum Gasteiger partial charge on any atom is -0.379 e. The van der Waals surface area contributed by atoms with Crippen LogP contribution in [0.25, 0.3) is 0 Å². The highest BCUT2D eigenvalue weighted by Crippen LogP contribution is 2.20. The van der Waals surface area contributed by atoms with Crippen molar-refractivity contribution in [2.24, 2.45) is 0 Å². The highest BCUT2D eigenvalue weighted by Gasteiger charge is 2.31. The minimum atomic E-state index is -0.326. The van der Waals surface area contributed by atoms with Crippen molar-refractivity contribution >= 4 is 17.7 Å². The maximum absolute atomic E-state index is 12.8. The fraction of sp³-hybridized carbons (Fsp3) is 0.375. The number of imide groups is 1. The summed E-state index contributed by atoms with van der Waals surface area (Å²) in [7, 11) is 0. The van der Waals surface area contributed by atoms with Gasteiger partial charge in [-0.05, 0) is 17.2 Å². The lowest BCUT2D eigenvalue weighted by Crippen LogP contribution is -2.45. The van der Waals surface area contributed by atoms with Crippen molar-refractivity contribution in [3.05, 3.63) is 71.3 Å². The number of morpholine rings is 1. The average Bonchev–Trinajstić information content (AvgIpc) is 2.80. The first-order valence-electron chi connectivity index (χ1n) is 10.7. The second kappa shape index (κ2) is 9.85. The van der Waals surface area contributed by atoms with Crippen LogP contribution < -0.4 is 5.32 Å². The Bertz CT molecular complexity index is 941. The SMILES string of the molecule is O=C(CCN1C(=O)Cc2ccccc2C1=O)N[C@@H](CN1CCOCC1)c1ccccc1. The smallest absolute Gasteiger partial charge is 0.260 e. The molecular weight excluding hydrogens is 394 g/mol. The zero-order valence-corrected chi connectivity index (χ0v) is 17.5. The Hall–Kier alpha value is -3.03. The van der Waals surface area contributed by atoms with Crippen LogP contribution in [-0.2, 0) is 20.7 Å². The predicted octanol–water partition coefficient (Wildman–Crippen LogP) is 1.79. The maximum Gasteiger partial charge on any atom is 0.260 e. The van der Waals surface area contributed by atoms with Crippen LogP contribution in [0.5, 0.6) is 0 Å². The molecule has 1 N–H and O–H groups in total. The first kappa shape index (κ1) is 21.2. The third kappa shape index (κ3) is 5.18. The summed E-state index contributed by atoms with van der Waals surface area (Å²) in [5.41, 5.74) is 2.31. The molecule has 1 fully saturated rings. The van der Waals surface area contributed by atoms with E-state index in [-0.39, 0.29) is 43.1 Å². The van der Waals surface area contributed by atoms with Gasteiger partial charge in [-0.2, -0.15) is 0 Å². The lowest BCUT2D eigenvalue weighted by molar-refractivity contribution is -0.129. The number of nitrogens with zero attached hydrogens (tertiary/aromatic N) is 2. The number of carbonyl (C=O) groups excluding carboxylic acids is 3. The fourth-order valence-corrected chi connectivity index (χ4v) is 4.07. The zero-order valence-electron chi connectivity index (χ0n) is 17.5. The summed E-state index contributed by atoms with van der Waals surface area (Å²) >= 11 is 0. The highest BCUT2D eigenvalue weighted by molar-refractivity contribution is 6.09. The summed E-state index contributed by atoms with van der Waals surface area (Å²) < 4.78 is 5.42. The third-order valence-electron chi connectivity index (χ3n) is 5.78. The summed E-state index contributed by atoms with van der Waals surface area (Å²) in [6.45, 7) is 3.81. The largest absolute Gasteiger partial charge is 0.379 e. The van der Waals surface area contributed by atoms with Gasteiger partial charge < -0.3 is 10.1 Å². The maximum atomic E-state index is 12.8. The van der Waals surface area contributed by atoms with Gasteiger partial charge in [0.25, 0.3) is 5.91 Å². The summed E-state index contributed by atoms with van der Waals surface area (Å²) in [4.78, 5) is 41.4. The number of carbonyl (C=O) groups is 3. The Morgan fingerprint density at radius 3 is 2.48 bits per heavy atom. The van der Waals surface area contributed by atoms with E-state index in [4.69, 9.17) is 4.74 Å². The van der Waals surface area contributed by atoms with Crippen molar-refractivity contribution in [3.8, 4) is 0 Å². The standard InChI is InChI=1S/C24H27N3O4/c28-22(10-11-27-23(29)16-19-8-4-5-9-20(19)24(27)30)25-21(18-6-2-1-3-7-18)17-26-12-14-31-15-13-26/h1-9,21H,10-17H2,(H,25,28)/t21-/m0/s1. The third-order valence-corrected chi connectivity index (χ3v) is 5.78. The molecular formula is C24H27N3O4. The van der Waals surface area contributed by atoms with E-state index in [1.165, 1.54) is 4.90 Å². The Balaban J connectivity index is 1.38. The van der Waals surface area contributed by atoms with Crippen molar-refractivity contribution in [3.63, 3.8) is 0 Å².